The third-order valence-corrected chi connectivity index (χ3v) is 5.95. The van der Waals surface area contributed by atoms with E-state index in [1.54, 1.807) is 0 Å². The highest BCUT2D eigenvalue weighted by molar-refractivity contribution is 9.10. The minimum atomic E-state index is -4.07. The molecule has 1 heterocycles. The van der Waals surface area contributed by atoms with Crippen LogP contribution < -0.4 is 10.6 Å². The van der Waals surface area contributed by atoms with E-state index in [-0.39, 0.29) is 15.2 Å². The van der Waals surface area contributed by atoms with Crippen molar-refractivity contribution in [2.75, 3.05) is 39.0 Å². The summed E-state index contributed by atoms with van der Waals surface area (Å²) >= 11 is 8.86. The molecule has 0 unspecified atom stereocenters. The Labute approximate surface area is 136 Å². The number of piperazine rings is 1. The van der Waals surface area contributed by atoms with Crippen LogP contribution in [-0.4, -0.2) is 51.6 Å². The van der Waals surface area contributed by atoms with Crippen molar-refractivity contribution in [3.8, 4) is 0 Å². The Bertz CT molecular complexity index is 650. The van der Waals surface area contributed by atoms with Crippen molar-refractivity contribution in [2.45, 2.75) is 4.90 Å². The Morgan fingerprint density at radius 2 is 1.95 bits per heavy atom. The summed E-state index contributed by atoms with van der Waals surface area (Å²) in [4.78, 5) is 3.86. The number of hydrogen-bond donors (Lipinski definition) is 2. The summed E-state index contributed by atoms with van der Waals surface area (Å²) in [5, 5.41) is 1.56. The van der Waals surface area contributed by atoms with Crippen molar-refractivity contribution in [1.29, 1.82) is 0 Å². The van der Waals surface area contributed by atoms with Crippen LogP contribution in [0.5, 0.6) is 0 Å². The Morgan fingerprint density at radius 1 is 1.38 bits per heavy atom. The van der Waals surface area contributed by atoms with Gasteiger partial charge >= 0.3 is 0 Å². The summed E-state index contributed by atoms with van der Waals surface area (Å²) in [5.41, 5.74) is 5.18. The zero-order chi connectivity index (χ0) is 15.8. The van der Waals surface area contributed by atoms with E-state index in [0.29, 0.717) is 26.2 Å². The van der Waals surface area contributed by atoms with Gasteiger partial charge in [0.2, 0.25) is 0 Å². The molecule has 1 aromatic carbocycles. The second kappa shape index (κ2) is 6.35. The van der Waals surface area contributed by atoms with Crippen molar-refractivity contribution in [3.63, 3.8) is 0 Å². The van der Waals surface area contributed by atoms with Crippen LogP contribution in [0.2, 0.25) is 5.02 Å². The van der Waals surface area contributed by atoms with Crippen LogP contribution >= 0.6 is 27.5 Å². The predicted octanol–water partition coefficient (Wildman–Crippen LogP) is 1.26. The molecule has 1 aromatic rings. The lowest BCUT2D eigenvalue weighted by molar-refractivity contribution is 0.134. The van der Waals surface area contributed by atoms with Gasteiger partial charge in [-0.3, -0.25) is 0 Å². The molecule has 1 saturated heterocycles. The molecule has 1 aliphatic rings. The number of halogens is 3. The van der Waals surface area contributed by atoms with E-state index < -0.39 is 20.7 Å². The number of likely N-dealkylation sites (N-methyl/N-ethyl adjacent to an activating group) is 1. The number of nitrogens with zero attached hydrogens (tertiary/aromatic N) is 2. The zero-order valence-corrected chi connectivity index (χ0v) is 14.4. The molecule has 0 saturated carbocycles. The molecule has 0 radical (unpaired) electrons. The maximum absolute atomic E-state index is 14.1. The number of nitrogens with two attached hydrogens (primary N) is 1. The number of nitrogen functional groups attached to an aromatic ring is 1. The molecule has 21 heavy (non-hydrogen) atoms. The molecular formula is C11H15BrClFN4O2S. The molecule has 3 N–H and O–H groups in total. The zero-order valence-electron chi connectivity index (χ0n) is 11.2. The minimum absolute atomic E-state index is 0.0349. The fraction of sp³-hybridized carbons (Fsp3) is 0.455. The first-order valence-electron chi connectivity index (χ1n) is 6.11. The molecule has 118 valence electrons. The van der Waals surface area contributed by atoms with Crippen LogP contribution in [0.15, 0.2) is 15.4 Å². The first kappa shape index (κ1) is 16.9. The molecule has 0 amide bonds. The summed E-state index contributed by atoms with van der Waals surface area (Å²) in [7, 11) is -2.13. The fourth-order valence-corrected chi connectivity index (χ4v) is 3.72. The van der Waals surface area contributed by atoms with Crippen molar-refractivity contribution < 1.29 is 12.8 Å². The monoisotopic (exact) mass is 400 g/mol. The molecule has 6 nitrogen and oxygen atoms in total. The highest BCUT2D eigenvalue weighted by Crippen LogP contribution is 2.34. The number of benzene rings is 1. The summed E-state index contributed by atoms with van der Waals surface area (Å²) in [6.45, 7) is 2.46. The number of sulfonamides is 1. The van der Waals surface area contributed by atoms with Gasteiger partial charge < -0.3 is 10.6 Å². The summed E-state index contributed by atoms with van der Waals surface area (Å²) in [5.74, 6) is -1.02. The van der Waals surface area contributed by atoms with Gasteiger partial charge in [-0.15, -0.1) is 4.83 Å². The van der Waals surface area contributed by atoms with Crippen LogP contribution in [0.1, 0.15) is 0 Å². The Balaban J connectivity index is 2.28. The van der Waals surface area contributed by atoms with Gasteiger partial charge in [0.05, 0.1) is 15.2 Å². The largest absolute Gasteiger partial charge is 0.395 e. The number of anilines is 1. The maximum atomic E-state index is 14.1. The number of hydrogen-bond acceptors (Lipinski definition) is 5. The molecule has 2 rings (SSSR count). The average Bonchev–Trinajstić information content (AvgIpc) is 2.42. The molecule has 1 fully saturated rings. The van der Waals surface area contributed by atoms with Crippen molar-refractivity contribution in [3.05, 3.63) is 21.4 Å². The van der Waals surface area contributed by atoms with Crippen LogP contribution in [0.25, 0.3) is 0 Å². The van der Waals surface area contributed by atoms with E-state index in [1.807, 2.05) is 7.05 Å². The molecular weight excluding hydrogens is 387 g/mol. The van der Waals surface area contributed by atoms with E-state index >= 15 is 0 Å². The average molecular weight is 402 g/mol. The van der Waals surface area contributed by atoms with Crippen molar-refractivity contribution in [2.24, 2.45) is 0 Å². The van der Waals surface area contributed by atoms with Crippen LogP contribution in [0.3, 0.4) is 0 Å². The highest BCUT2D eigenvalue weighted by Gasteiger charge is 2.27. The number of nitrogens with one attached hydrogen (secondary N) is 1. The molecule has 1 aliphatic heterocycles. The summed E-state index contributed by atoms with van der Waals surface area (Å²) in [6.07, 6.45) is 0. The molecule has 0 bridgehead atoms. The van der Waals surface area contributed by atoms with Crippen molar-refractivity contribution >= 4 is 43.2 Å². The normalized spacial score (nSPS) is 18.1. The number of hydrazine groups is 1. The highest BCUT2D eigenvalue weighted by atomic mass is 79.9. The standard InChI is InChI=1S/C11H15BrClFN4O2S/c1-17-2-4-18(5-3-17)16-21(19,20)8-6-7(13)9(12)11(15)10(8)14/h6,16H,2-5,15H2,1H3. The number of rotatable bonds is 3. The van der Waals surface area contributed by atoms with Crippen LogP contribution in [0.4, 0.5) is 10.1 Å². The van der Waals surface area contributed by atoms with E-state index in [1.165, 1.54) is 5.01 Å². The molecule has 10 heteroatoms. The van der Waals surface area contributed by atoms with Gasteiger partial charge in [0.15, 0.2) is 5.82 Å². The first-order valence-corrected chi connectivity index (χ1v) is 8.76. The molecule has 0 aromatic heterocycles. The van der Waals surface area contributed by atoms with E-state index in [0.717, 1.165) is 6.07 Å². The lowest BCUT2D eigenvalue weighted by Gasteiger charge is -2.32. The topological polar surface area (TPSA) is 78.7 Å². The molecule has 0 aliphatic carbocycles. The SMILES string of the molecule is CN1CCN(NS(=O)(=O)c2cc(Cl)c(Br)c(N)c2F)CC1. The Kier molecular flexibility index (Phi) is 5.11. The summed E-state index contributed by atoms with van der Waals surface area (Å²) < 4.78 is 38.8. The van der Waals surface area contributed by atoms with E-state index in [4.69, 9.17) is 17.3 Å². The van der Waals surface area contributed by atoms with Gasteiger partial charge in [0, 0.05) is 26.2 Å². The Hall–Kier alpha value is -0.450. The minimum Gasteiger partial charge on any atom is -0.395 e. The second-order valence-corrected chi connectivity index (χ2v) is 7.61. The third-order valence-electron chi connectivity index (χ3n) is 3.20. The van der Waals surface area contributed by atoms with Gasteiger partial charge in [-0.1, -0.05) is 11.6 Å². The van der Waals surface area contributed by atoms with Crippen LogP contribution in [-0.2, 0) is 10.0 Å². The fourth-order valence-electron chi connectivity index (χ4n) is 1.91. The second-order valence-electron chi connectivity index (χ2n) is 4.78. The smallest absolute Gasteiger partial charge is 0.256 e. The predicted molar refractivity (Wildman–Crippen MR) is 82.9 cm³/mol. The quantitative estimate of drug-likeness (QED) is 0.589. The van der Waals surface area contributed by atoms with Gasteiger partial charge in [0.1, 0.15) is 4.90 Å². The van der Waals surface area contributed by atoms with E-state index in [2.05, 4.69) is 25.7 Å². The first-order chi connectivity index (χ1) is 9.72. The van der Waals surface area contributed by atoms with Gasteiger partial charge in [0.25, 0.3) is 10.0 Å². The van der Waals surface area contributed by atoms with Crippen LogP contribution in [0, 0.1) is 5.82 Å². The van der Waals surface area contributed by atoms with Gasteiger partial charge in [-0.2, -0.15) is 0 Å². The maximum Gasteiger partial charge on any atom is 0.256 e. The lowest BCUT2D eigenvalue weighted by Crippen LogP contribution is -2.52. The lowest BCUT2D eigenvalue weighted by atomic mass is 10.3. The van der Waals surface area contributed by atoms with Crippen molar-refractivity contribution in [1.82, 2.24) is 14.7 Å². The Morgan fingerprint density at radius 3 is 2.52 bits per heavy atom. The summed E-state index contributed by atoms with van der Waals surface area (Å²) in [6, 6.07) is 1.04. The molecule has 0 atom stereocenters. The van der Waals surface area contributed by atoms with Gasteiger partial charge in [-0.05, 0) is 29.0 Å². The van der Waals surface area contributed by atoms with E-state index in [9.17, 15) is 12.8 Å². The van der Waals surface area contributed by atoms with Gasteiger partial charge in [-0.25, -0.2) is 17.8 Å². The third kappa shape index (κ3) is 3.66. The molecule has 0 spiro atoms.